The van der Waals surface area contributed by atoms with Crippen molar-refractivity contribution in [2.45, 2.75) is 0 Å². The molecule has 0 aliphatic heterocycles. The van der Waals surface area contributed by atoms with Crippen LogP contribution in [0.1, 0.15) is 0 Å². The number of aromatic nitrogens is 2. The molecular weight excluding hydrogens is 389 g/mol. The first-order valence-electron chi connectivity index (χ1n) is 9.88. The van der Waals surface area contributed by atoms with Gasteiger partial charge in [-0.25, -0.2) is 14.4 Å². The first-order chi connectivity index (χ1) is 15.3. The van der Waals surface area contributed by atoms with Crippen LogP contribution in [0.3, 0.4) is 0 Å². The standard InChI is InChI=1S/C26H18FN3O/c27-23-12-6-4-10-21(23)25-29-24-13-7-5-11-22(24)26(30-25)28-18-14-16-20(17-15-18)31-19-8-2-1-3-9-19/h1-17H,(H,28,29,30). The molecule has 0 saturated carbocycles. The summed E-state index contributed by atoms with van der Waals surface area (Å²) >= 11 is 0. The normalized spacial score (nSPS) is 10.7. The molecule has 31 heavy (non-hydrogen) atoms. The molecule has 0 unspecified atom stereocenters. The van der Waals surface area contributed by atoms with Crippen molar-refractivity contribution in [1.82, 2.24) is 9.97 Å². The number of ether oxygens (including phenoxy) is 1. The van der Waals surface area contributed by atoms with Gasteiger partial charge in [0.05, 0.1) is 11.1 Å². The fourth-order valence-electron chi connectivity index (χ4n) is 3.30. The summed E-state index contributed by atoms with van der Waals surface area (Å²) in [6.07, 6.45) is 0. The molecule has 0 aliphatic carbocycles. The van der Waals surface area contributed by atoms with Crippen LogP contribution in [0.25, 0.3) is 22.3 Å². The number of nitrogens with one attached hydrogen (secondary N) is 1. The molecule has 4 aromatic carbocycles. The van der Waals surface area contributed by atoms with Crippen LogP contribution in [0.2, 0.25) is 0 Å². The summed E-state index contributed by atoms with van der Waals surface area (Å²) in [4.78, 5) is 9.18. The van der Waals surface area contributed by atoms with Crippen molar-refractivity contribution in [2.24, 2.45) is 0 Å². The highest BCUT2D eigenvalue weighted by Gasteiger charge is 2.12. The Morgan fingerprint density at radius 1 is 0.645 bits per heavy atom. The van der Waals surface area contributed by atoms with Crippen LogP contribution in [-0.2, 0) is 0 Å². The summed E-state index contributed by atoms with van der Waals surface area (Å²) in [5, 5.41) is 4.19. The predicted octanol–water partition coefficient (Wildman–Crippen LogP) is 6.97. The van der Waals surface area contributed by atoms with E-state index in [1.54, 1.807) is 18.2 Å². The highest BCUT2D eigenvalue weighted by molar-refractivity contribution is 5.92. The second kappa shape index (κ2) is 8.24. The van der Waals surface area contributed by atoms with Crippen molar-refractivity contribution in [3.05, 3.63) is 109 Å². The maximum atomic E-state index is 14.3. The van der Waals surface area contributed by atoms with Crippen molar-refractivity contribution in [3.8, 4) is 22.9 Å². The first kappa shape index (κ1) is 18.8. The van der Waals surface area contributed by atoms with E-state index < -0.39 is 0 Å². The Labute approximate surface area is 179 Å². The van der Waals surface area contributed by atoms with Crippen LogP contribution in [0.4, 0.5) is 15.9 Å². The van der Waals surface area contributed by atoms with Gasteiger partial charge in [0.1, 0.15) is 23.1 Å². The van der Waals surface area contributed by atoms with Crippen LogP contribution < -0.4 is 10.1 Å². The Kier molecular flexibility index (Phi) is 4.99. The largest absolute Gasteiger partial charge is 0.457 e. The van der Waals surface area contributed by atoms with E-state index in [2.05, 4.69) is 15.3 Å². The number of para-hydroxylation sites is 2. The summed E-state index contributed by atoms with van der Waals surface area (Å²) in [7, 11) is 0. The smallest absolute Gasteiger partial charge is 0.165 e. The van der Waals surface area contributed by atoms with E-state index in [1.807, 2.05) is 78.9 Å². The minimum atomic E-state index is -0.355. The Morgan fingerprint density at radius 3 is 2.13 bits per heavy atom. The molecule has 5 heteroatoms. The average Bonchev–Trinajstić information content (AvgIpc) is 2.81. The SMILES string of the molecule is Fc1ccccc1-c1nc(Nc2ccc(Oc3ccccc3)cc2)c2ccccc2n1. The molecule has 0 spiro atoms. The van der Waals surface area contributed by atoms with Gasteiger partial charge >= 0.3 is 0 Å². The van der Waals surface area contributed by atoms with Crippen LogP contribution in [0.5, 0.6) is 11.5 Å². The molecule has 1 aromatic heterocycles. The number of hydrogen-bond acceptors (Lipinski definition) is 4. The zero-order valence-corrected chi connectivity index (χ0v) is 16.5. The molecule has 0 aliphatic rings. The fourth-order valence-corrected chi connectivity index (χ4v) is 3.30. The van der Waals surface area contributed by atoms with E-state index in [4.69, 9.17) is 4.74 Å². The Morgan fingerprint density at radius 2 is 1.32 bits per heavy atom. The third-order valence-electron chi connectivity index (χ3n) is 4.81. The molecule has 0 fully saturated rings. The molecule has 1 N–H and O–H groups in total. The van der Waals surface area contributed by atoms with Crippen molar-refractivity contribution in [2.75, 3.05) is 5.32 Å². The lowest BCUT2D eigenvalue weighted by Gasteiger charge is -2.12. The van der Waals surface area contributed by atoms with Crippen LogP contribution >= 0.6 is 0 Å². The third kappa shape index (κ3) is 4.07. The number of hydrogen-bond donors (Lipinski definition) is 1. The van der Waals surface area contributed by atoms with E-state index >= 15 is 0 Å². The minimum Gasteiger partial charge on any atom is -0.457 e. The molecular formula is C26H18FN3O. The van der Waals surface area contributed by atoms with Crippen molar-refractivity contribution < 1.29 is 9.13 Å². The summed E-state index contributed by atoms with van der Waals surface area (Å²) in [6.45, 7) is 0. The fraction of sp³-hybridized carbons (Fsp3) is 0. The van der Waals surface area contributed by atoms with E-state index in [0.717, 1.165) is 28.1 Å². The van der Waals surface area contributed by atoms with Crippen molar-refractivity contribution in [1.29, 1.82) is 0 Å². The summed E-state index contributed by atoms with van der Waals surface area (Å²) in [5.41, 5.74) is 1.94. The van der Waals surface area contributed by atoms with E-state index in [0.29, 0.717) is 17.2 Å². The minimum absolute atomic E-state index is 0.336. The molecule has 5 aromatic rings. The Balaban J connectivity index is 1.48. The molecule has 0 atom stereocenters. The lowest BCUT2D eigenvalue weighted by Crippen LogP contribution is -2.00. The number of anilines is 2. The van der Waals surface area contributed by atoms with E-state index in [9.17, 15) is 4.39 Å². The monoisotopic (exact) mass is 407 g/mol. The topological polar surface area (TPSA) is 47.0 Å². The van der Waals surface area contributed by atoms with Gasteiger partial charge in [0.15, 0.2) is 5.82 Å². The molecule has 0 saturated heterocycles. The van der Waals surface area contributed by atoms with E-state index in [1.165, 1.54) is 6.07 Å². The second-order valence-corrected chi connectivity index (χ2v) is 6.96. The van der Waals surface area contributed by atoms with Gasteiger partial charge in [-0.1, -0.05) is 42.5 Å². The van der Waals surface area contributed by atoms with Crippen molar-refractivity contribution >= 4 is 22.4 Å². The molecule has 0 bridgehead atoms. The highest BCUT2D eigenvalue weighted by atomic mass is 19.1. The van der Waals surface area contributed by atoms with Crippen molar-refractivity contribution in [3.63, 3.8) is 0 Å². The maximum Gasteiger partial charge on any atom is 0.165 e. The molecule has 4 nitrogen and oxygen atoms in total. The predicted molar refractivity (Wildman–Crippen MR) is 121 cm³/mol. The van der Waals surface area contributed by atoms with Crippen LogP contribution in [0, 0.1) is 5.82 Å². The molecule has 5 rings (SSSR count). The lowest BCUT2D eigenvalue weighted by molar-refractivity contribution is 0.483. The van der Waals surface area contributed by atoms with Gasteiger partial charge in [-0.2, -0.15) is 0 Å². The number of halogens is 1. The average molecular weight is 407 g/mol. The maximum absolute atomic E-state index is 14.3. The lowest BCUT2D eigenvalue weighted by atomic mass is 10.1. The number of fused-ring (bicyclic) bond motifs is 1. The molecule has 0 amide bonds. The molecule has 1 heterocycles. The third-order valence-corrected chi connectivity index (χ3v) is 4.81. The summed E-state index contributed by atoms with van der Waals surface area (Å²) in [5.74, 6) is 2.10. The number of nitrogens with zero attached hydrogens (tertiary/aromatic N) is 2. The second-order valence-electron chi connectivity index (χ2n) is 6.96. The molecule has 0 radical (unpaired) electrons. The van der Waals surface area contributed by atoms with Gasteiger partial charge < -0.3 is 10.1 Å². The van der Waals surface area contributed by atoms with Gasteiger partial charge in [-0.3, -0.25) is 0 Å². The van der Waals surface area contributed by atoms with Crippen LogP contribution in [0.15, 0.2) is 103 Å². The number of benzene rings is 4. The van der Waals surface area contributed by atoms with E-state index in [-0.39, 0.29) is 5.82 Å². The van der Waals surface area contributed by atoms with Gasteiger partial charge in [0.2, 0.25) is 0 Å². The number of rotatable bonds is 5. The van der Waals surface area contributed by atoms with Crippen LogP contribution in [-0.4, -0.2) is 9.97 Å². The van der Waals surface area contributed by atoms with Gasteiger partial charge in [-0.05, 0) is 60.7 Å². The van der Waals surface area contributed by atoms with Gasteiger partial charge in [0, 0.05) is 11.1 Å². The van der Waals surface area contributed by atoms with Gasteiger partial charge in [-0.15, -0.1) is 0 Å². The zero-order chi connectivity index (χ0) is 21.0. The first-order valence-corrected chi connectivity index (χ1v) is 9.88. The Bertz CT molecular complexity index is 1340. The van der Waals surface area contributed by atoms with Gasteiger partial charge in [0.25, 0.3) is 0 Å². The highest BCUT2D eigenvalue weighted by Crippen LogP contribution is 2.29. The quantitative estimate of drug-likeness (QED) is 0.342. The Hall–Kier alpha value is -4.25. The molecule has 150 valence electrons. The summed E-state index contributed by atoms with van der Waals surface area (Å²) in [6, 6.07) is 31.4. The summed E-state index contributed by atoms with van der Waals surface area (Å²) < 4.78 is 20.2. The zero-order valence-electron chi connectivity index (χ0n) is 16.5.